The molecular weight excluding hydrogens is 392 g/mol. The van der Waals surface area contributed by atoms with Gasteiger partial charge in [-0.05, 0) is 61.9 Å². The van der Waals surface area contributed by atoms with Gasteiger partial charge in [0.25, 0.3) is 5.91 Å². The van der Waals surface area contributed by atoms with Crippen LogP contribution < -0.4 is 10.1 Å². The van der Waals surface area contributed by atoms with Crippen LogP contribution in [-0.2, 0) is 20.9 Å². The molecule has 6 heteroatoms. The van der Waals surface area contributed by atoms with Gasteiger partial charge in [-0.3, -0.25) is 4.79 Å². The van der Waals surface area contributed by atoms with E-state index in [0.717, 1.165) is 60.5 Å². The van der Waals surface area contributed by atoms with Crippen molar-refractivity contribution in [2.24, 2.45) is 0 Å². The molecule has 3 rings (SSSR count). The Morgan fingerprint density at radius 3 is 2.23 bits per heavy atom. The zero-order valence-electron chi connectivity index (χ0n) is 18.8. The number of nitrogens with one attached hydrogen (secondary N) is 1. The Hall–Kier alpha value is -2.86. The van der Waals surface area contributed by atoms with Crippen LogP contribution in [0.15, 0.2) is 42.5 Å². The van der Waals surface area contributed by atoms with Gasteiger partial charge in [0, 0.05) is 5.69 Å². The third-order valence-electron chi connectivity index (χ3n) is 5.96. The summed E-state index contributed by atoms with van der Waals surface area (Å²) in [6, 6.07) is 13.5. The van der Waals surface area contributed by atoms with E-state index < -0.39 is 0 Å². The van der Waals surface area contributed by atoms with Crippen LogP contribution in [0.1, 0.15) is 36.0 Å². The number of amides is 1. The number of esters is 1. The number of rotatable bonds is 8. The van der Waals surface area contributed by atoms with Crippen LogP contribution >= 0.6 is 0 Å². The van der Waals surface area contributed by atoms with Crippen LogP contribution in [0.3, 0.4) is 0 Å². The van der Waals surface area contributed by atoms with Crippen LogP contribution in [0, 0.1) is 13.8 Å². The Morgan fingerprint density at radius 2 is 1.61 bits per heavy atom. The fourth-order valence-electron chi connectivity index (χ4n) is 4.34. The maximum absolute atomic E-state index is 13.0. The lowest BCUT2D eigenvalue weighted by Gasteiger charge is -2.40. The third kappa shape index (κ3) is 6.31. The monoisotopic (exact) mass is 425 g/mol. The Labute approximate surface area is 184 Å². The van der Waals surface area contributed by atoms with Crippen molar-refractivity contribution < 1.29 is 23.5 Å². The summed E-state index contributed by atoms with van der Waals surface area (Å²) in [6.07, 6.45) is 3.16. The van der Waals surface area contributed by atoms with Crippen LogP contribution in [0.4, 0.5) is 5.69 Å². The minimum Gasteiger partial charge on any atom is -0.497 e. The highest BCUT2D eigenvalue weighted by atomic mass is 16.5. The zero-order chi connectivity index (χ0) is 22.3. The van der Waals surface area contributed by atoms with Gasteiger partial charge in [0.15, 0.2) is 13.1 Å². The Balaban J connectivity index is 1.65. The van der Waals surface area contributed by atoms with E-state index in [-0.39, 0.29) is 31.6 Å². The number of nitrogens with zero attached hydrogens (tertiary/aromatic N) is 1. The maximum Gasteiger partial charge on any atom is 0.362 e. The molecule has 1 amide bonds. The van der Waals surface area contributed by atoms with E-state index in [1.54, 1.807) is 7.11 Å². The molecule has 1 saturated heterocycles. The molecule has 1 heterocycles. The van der Waals surface area contributed by atoms with Crippen LogP contribution in [0.2, 0.25) is 0 Å². The van der Waals surface area contributed by atoms with Gasteiger partial charge in [-0.1, -0.05) is 30.3 Å². The average molecular weight is 426 g/mol. The molecule has 0 atom stereocenters. The number of likely N-dealkylation sites (tertiary alicyclic amines) is 1. The summed E-state index contributed by atoms with van der Waals surface area (Å²) in [4.78, 5) is 25.6. The summed E-state index contributed by atoms with van der Waals surface area (Å²) < 4.78 is 11.3. The molecule has 0 bridgehead atoms. The summed E-state index contributed by atoms with van der Waals surface area (Å²) in [7, 11) is 1.63. The average Bonchev–Trinajstić information content (AvgIpc) is 2.76. The Bertz CT molecular complexity index is 882. The van der Waals surface area contributed by atoms with E-state index in [1.807, 2.05) is 56.3 Å². The van der Waals surface area contributed by atoms with E-state index in [4.69, 9.17) is 9.47 Å². The maximum atomic E-state index is 13.0. The minimum absolute atomic E-state index is 0.0749. The number of ether oxygens (including phenoxy) is 2. The highest BCUT2D eigenvalue weighted by molar-refractivity contribution is 5.93. The van der Waals surface area contributed by atoms with Crippen molar-refractivity contribution in [3.63, 3.8) is 0 Å². The number of aryl methyl sites for hydroxylation is 2. The quantitative estimate of drug-likeness (QED) is 0.513. The van der Waals surface area contributed by atoms with E-state index >= 15 is 0 Å². The van der Waals surface area contributed by atoms with E-state index in [0.29, 0.717) is 4.48 Å². The fourth-order valence-corrected chi connectivity index (χ4v) is 4.34. The summed E-state index contributed by atoms with van der Waals surface area (Å²) in [5.74, 6) is 0.443. The van der Waals surface area contributed by atoms with Crippen molar-refractivity contribution in [2.75, 3.05) is 38.6 Å². The predicted octanol–water partition coefficient (Wildman–Crippen LogP) is 3.99. The highest BCUT2D eigenvalue weighted by Gasteiger charge is 2.35. The second-order valence-corrected chi connectivity index (χ2v) is 8.50. The van der Waals surface area contributed by atoms with Gasteiger partial charge in [-0.2, -0.15) is 0 Å². The summed E-state index contributed by atoms with van der Waals surface area (Å²) in [5, 5.41) is 3.07. The molecule has 2 aromatic rings. The number of carbonyl (C=O) groups excluding carboxylic acids is 2. The molecule has 1 aliphatic rings. The molecule has 0 unspecified atom stereocenters. The van der Waals surface area contributed by atoms with Crippen LogP contribution in [0.5, 0.6) is 5.75 Å². The molecule has 2 aromatic carbocycles. The highest BCUT2D eigenvalue weighted by Crippen LogP contribution is 2.27. The van der Waals surface area contributed by atoms with E-state index in [9.17, 15) is 9.59 Å². The van der Waals surface area contributed by atoms with Gasteiger partial charge in [0.2, 0.25) is 0 Å². The lowest BCUT2D eigenvalue weighted by atomic mass is 10.1. The van der Waals surface area contributed by atoms with Gasteiger partial charge >= 0.3 is 5.97 Å². The van der Waals surface area contributed by atoms with Gasteiger partial charge in [-0.25, -0.2) is 4.79 Å². The van der Waals surface area contributed by atoms with Crippen LogP contribution in [0.25, 0.3) is 0 Å². The first-order chi connectivity index (χ1) is 14.9. The smallest absolute Gasteiger partial charge is 0.362 e. The second kappa shape index (κ2) is 10.4. The van der Waals surface area contributed by atoms with Gasteiger partial charge in [-0.15, -0.1) is 0 Å². The molecule has 0 aromatic heterocycles. The molecule has 0 radical (unpaired) electrons. The van der Waals surface area contributed by atoms with Crippen LogP contribution in [-0.4, -0.2) is 49.6 Å². The molecular formula is C25H33N2O4+. The molecule has 1 N–H and O–H groups in total. The number of methoxy groups -OCH3 is 1. The minimum atomic E-state index is -0.254. The summed E-state index contributed by atoms with van der Waals surface area (Å²) in [6.45, 7) is 6.29. The summed E-state index contributed by atoms with van der Waals surface area (Å²) in [5.41, 5.74) is 3.69. The van der Waals surface area contributed by atoms with Gasteiger partial charge in [0.05, 0.1) is 20.2 Å². The van der Waals surface area contributed by atoms with E-state index in [1.165, 1.54) is 0 Å². The van der Waals surface area contributed by atoms with Crippen molar-refractivity contribution in [3.05, 3.63) is 59.2 Å². The first-order valence-corrected chi connectivity index (χ1v) is 10.9. The number of quaternary nitrogens is 1. The third-order valence-corrected chi connectivity index (χ3v) is 5.96. The Kier molecular flexibility index (Phi) is 7.69. The second-order valence-electron chi connectivity index (χ2n) is 8.50. The predicted molar refractivity (Wildman–Crippen MR) is 121 cm³/mol. The fraction of sp³-hybridized carbons (Fsp3) is 0.440. The lowest BCUT2D eigenvalue weighted by molar-refractivity contribution is -0.918. The number of benzene rings is 2. The normalized spacial score (nSPS) is 15.2. The van der Waals surface area contributed by atoms with Gasteiger partial charge < -0.3 is 19.3 Å². The van der Waals surface area contributed by atoms with E-state index in [2.05, 4.69) is 5.32 Å². The molecule has 1 aliphatic heterocycles. The van der Waals surface area contributed by atoms with Crippen molar-refractivity contribution in [3.8, 4) is 5.75 Å². The Morgan fingerprint density at radius 1 is 0.968 bits per heavy atom. The molecule has 0 saturated carbocycles. The number of piperidine rings is 1. The molecule has 0 aliphatic carbocycles. The largest absolute Gasteiger partial charge is 0.497 e. The molecule has 1 fully saturated rings. The SMILES string of the molecule is COc1cc(C)c(NC(=O)C[N+]2(CC(=O)OCc3ccccc3)CCCCC2)c(C)c1. The first kappa shape index (κ1) is 22.8. The number of hydrogen-bond acceptors (Lipinski definition) is 4. The van der Waals surface area contributed by atoms with Crippen molar-refractivity contribution in [1.29, 1.82) is 0 Å². The zero-order valence-corrected chi connectivity index (χ0v) is 18.8. The van der Waals surface area contributed by atoms with Gasteiger partial charge in [0.1, 0.15) is 12.4 Å². The molecule has 6 nitrogen and oxygen atoms in total. The van der Waals surface area contributed by atoms with Crippen molar-refractivity contribution in [2.45, 2.75) is 39.7 Å². The molecule has 166 valence electrons. The number of hydrogen-bond donors (Lipinski definition) is 1. The summed E-state index contributed by atoms with van der Waals surface area (Å²) >= 11 is 0. The topological polar surface area (TPSA) is 64.6 Å². The molecule has 31 heavy (non-hydrogen) atoms. The standard InChI is InChI=1S/C25H32N2O4/c1-19-14-22(30-3)15-20(2)25(19)26-23(28)16-27(12-8-5-9-13-27)17-24(29)31-18-21-10-6-4-7-11-21/h4,6-7,10-11,14-15H,5,8-9,12-13,16-18H2,1-3H3/p+1. The number of anilines is 1. The lowest BCUT2D eigenvalue weighted by Crippen LogP contribution is -2.57. The van der Waals surface area contributed by atoms with Crippen molar-refractivity contribution in [1.82, 2.24) is 0 Å². The molecule has 0 spiro atoms. The van der Waals surface area contributed by atoms with Crippen molar-refractivity contribution >= 4 is 17.6 Å². The first-order valence-electron chi connectivity index (χ1n) is 10.9. The number of carbonyl (C=O) groups is 2.